The molecule has 0 radical (unpaired) electrons. The van der Waals surface area contributed by atoms with E-state index in [-0.39, 0.29) is 0 Å². The van der Waals surface area contributed by atoms with Gasteiger partial charge in [0.25, 0.3) is 0 Å². The zero-order valence-electron chi connectivity index (χ0n) is 15.1. The Balaban J connectivity index is 1.73. The average molecular weight is 366 g/mol. The highest BCUT2D eigenvalue weighted by molar-refractivity contribution is 7.25. The summed E-state index contributed by atoms with van der Waals surface area (Å²) in [7, 11) is 0. The molecule has 0 aliphatic carbocycles. The number of nitrogens with zero attached hydrogens (tertiary/aromatic N) is 1. The largest absolute Gasteiger partial charge is 0.310 e. The molecule has 27 heavy (non-hydrogen) atoms. The van der Waals surface area contributed by atoms with Gasteiger partial charge in [-0.2, -0.15) is 0 Å². The molecule has 5 aromatic rings. The molecule has 0 N–H and O–H groups in total. The van der Waals surface area contributed by atoms with Crippen LogP contribution in [0.25, 0.3) is 20.2 Å². The summed E-state index contributed by atoms with van der Waals surface area (Å²) in [5, 5.41) is 2.73. The van der Waals surface area contributed by atoms with Gasteiger partial charge >= 0.3 is 0 Å². The first-order chi connectivity index (χ1) is 13.3. The van der Waals surface area contributed by atoms with Crippen LogP contribution < -0.4 is 4.90 Å². The number of benzene rings is 4. The van der Waals surface area contributed by atoms with Gasteiger partial charge < -0.3 is 4.90 Å². The van der Waals surface area contributed by atoms with Crippen LogP contribution in [0.4, 0.5) is 17.1 Å². The van der Waals surface area contributed by atoms with Crippen molar-refractivity contribution in [3.8, 4) is 0 Å². The van der Waals surface area contributed by atoms with Gasteiger partial charge in [-0.15, -0.1) is 11.3 Å². The van der Waals surface area contributed by atoms with Crippen LogP contribution in [0.5, 0.6) is 0 Å². The molecule has 5 rings (SSSR count). The molecule has 2 heteroatoms. The summed E-state index contributed by atoms with van der Waals surface area (Å²) in [6, 6.07) is 34.5. The molecule has 4 aromatic carbocycles. The third-order valence-electron chi connectivity index (χ3n) is 4.98. The van der Waals surface area contributed by atoms with Crippen LogP contribution in [-0.2, 0) is 0 Å². The SMILES string of the molecule is Cc1cccc2sc3cc(N(c4ccccc4)c4ccccc4)ccc3c12. The molecule has 0 amide bonds. The monoisotopic (exact) mass is 365 g/mol. The summed E-state index contributed by atoms with van der Waals surface area (Å²) in [6.07, 6.45) is 0. The van der Waals surface area contributed by atoms with E-state index in [1.54, 1.807) is 0 Å². The Hall–Kier alpha value is -3.10. The number of anilines is 3. The van der Waals surface area contributed by atoms with Crippen molar-refractivity contribution in [1.82, 2.24) is 0 Å². The van der Waals surface area contributed by atoms with Gasteiger partial charge in [-0.3, -0.25) is 0 Å². The van der Waals surface area contributed by atoms with Crippen molar-refractivity contribution in [1.29, 1.82) is 0 Å². The number of rotatable bonds is 3. The fourth-order valence-corrected chi connectivity index (χ4v) is 4.95. The van der Waals surface area contributed by atoms with Crippen LogP contribution in [0.15, 0.2) is 97.1 Å². The second kappa shape index (κ2) is 6.57. The Kier molecular flexibility index (Phi) is 3.92. The van der Waals surface area contributed by atoms with Gasteiger partial charge in [-0.25, -0.2) is 0 Å². The molecular weight excluding hydrogens is 346 g/mol. The molecule has 0 aliphatic rings. The van der Waals surface area contributed by atoms with Crippen LogP contribution >= 0.6 is 11.3 Å². The first-order valence-corrected chi connectivity index (χ1v) is 9.95. The Morgan fingerprint density at radius 2 is 1.26 bits per heavy atom. The molecule has 0 fully saturated rings. The van der Waals surface area contributed by atoms with Crippen molar-refractivity contribution in [2.24, 2.45) is 0 Å². The van der Waals surface area contributed by atoms with Gasteiger partial charge in [0, 0.05) is 37.2 Å². The number of hydrogen-bond acceptors (Lipinski definition) is 2. The predicted octanol–water partition coefficient (Wildman–Crippen LogP) is 7.83. The summed E-state index contributed by atoms with van der Waals surface area (Å²) in [5.74, 6) is 0. The second-order valence-electron chi connectivity index (χ2n) is 6.74. The lowest BCUT2D eigenvalue weighted by Gasteiger charge is -2.25. The van der Waals surface area contributed by atoms with Crippen molar-refractivity contribution in [2.75, 3.05) is 4.90 Å². The highest BCUT2D eigenvalue weighted by Gasteiger charge is 2.14. The third kappa shape index (κ3) is 2.79. The van der Waals surface area contributed by atoms with Crippen LogP contribution in [-0.4, -0.2) is 0 Å². The normalized spacial score (nSPS) is 11.1. The van der Waals surface area contributed by atoms with Crippen molar-refractivity contribution in [2.45, 2.75) is 6.92 Å². The summed E-state index contributed by atoms with van der Waals surface area (Å²) in [4.78, 5) is 2.32. The highest BCUT2D eigenvalue weighted by atomic mass is 32.1. The molecule has 0 unspecified atom stereocenters. The van der Waals surface area contributed by atoms with Gasteiger partial charge in [-0.05, 0) is 55.0 Å². The molecule has 1 nitrogen and oxygen atoms in total. The smallest absolute Gasteiger partial charge is 0.0476 e. The van der Waals surface area contributed by atoms with E-state index in [0.717, 1.165) is 0 Å². The summed E-state index contributed by atoms with van der Waals surface area (Å²) >= 11 is 1.87. The van der Waals surface area contributed by atoms with Crippen LogP contribution in [0.1, 0.15) is 5.56 Å². The lowest BCUT2D eigenvalue weighted by Crippen LogP contribution is -2.09. The summed E-state index contributed by atoms with van der Waals surface area (Å²) in [5.41, 5.74) is 4.86. The van der Waals surface area contributed by atoms with Gasteiger partial charge in [0.15, 0.2) is 0 Å². The van der Waals surface area contributed by atoms with E-state index in [9.17, 15) is 0 Å². The number of hydrogen-bond donors (Lipinski definition) is 0. The van der Waals surface area contributed by atoms with Crippen molar-refractivity contribution in [3.63, 3.8) is 0 Å². The van der Waals surface area contributed by atoms with E-state index >= 15 is 0 Å². The van der Waals surface area contributed by atoms with Crippen LogP contribution in [0.3, 0.4) is 0 Å². The molecule has 1 heterocycles. The first-order valence-electron chi connectivity index (χ1n) is 9.13. The lowest BCUT2D eigenvalue weighted by atomic mass is 10.1. The molecule has 0 atom stereocenters. The predicted molar refractivity (Wildman–Crippen MR) is 119 cm³/mol. The lowest BCUT2D eigenvalue weighted by molar-refractivity contribution is 1.29. The maximum atomic E-state index is 2.32. The first kappa shape index (κ1) is 16.1. The second-order valence-corrected chi connectivity index (χ2v) is 7.82. The Labute approximate surface area is 163 Å². The van der Waals surface area contributed by atoms with Crippen LogP contribution in [0.2, 0.25) is 0 Å². The molecule has 0 saturated carbocycles. The number of para-hydroxylation sites is 2. The molecule has 0 bridgehead atoms. The Bertz CT molecular complexity index is 1180. The molecule has 1 aromatic heterocycles. The Morgan fingerprint density at radius 1 is 0.593 bits per heavy atom. The molecular formula is C25H19NS. The van der Waals surface area contributed by atoms with Gasteiger partial charge in [-0.1, -0.05) is 54.6 Å². The Morgan fingerprint density at radius 3 is 1.93 bits per heavy atom. The highest BCUT2D eigenvalue weighted by Crippen LogP contribution is 2.41. The minimum Gasteiger partial charge on any atom is -0.310 e. The van der Waals surface area contributed by atoms with Crippen molar-refractivity contribution in [3.05, 3.63) is 103 Å². The zero-order valence-corrected chi connectivity index (χ0v) is 15.9. The van der Waals surface area contributed by atoms with Crippen LogP contribution in [0, 0.1) is 6.92 Å². The number of thiophene rings is 1. The van der Waals surface area contributed by atoms with Gasteiger partial charge in [0.05, 0.1) is 0 Å². The minimum atomic E-state index is 1.17. The summed E-state index contributed by atoms with van der Waals surface area (Å²) < 4.78 is 2.68. The van der Waals surface area contributed by atoms with E-state index in [1.165, 1.54) is 42.8 Å². The average Bonchev–Trinajstić information content (AvgIpc) is 3.09. The standard InChI is InChI=1S/C25H19NS/c1-18-9-8-14-23-25(18)22-16-15-21(17-24(22)27-23)26(19-10-4-2-5-11-19)20-12-6-3-7-13-20/h2-17H,1H3. The fraction of sp³-hybridized carbons (Fsp3) is 0.0400. The van der Waals surface area contributed by atoms with E-state index in [4.69, 9.17) is 0 Å². The van der Waals surface area contributed by atoms with Crippen molar-refractivity contribution < 1.29 is 0 Å². The topological polar surface area (TPSA) is 3.24 Å². The number of aryl methyl sites for hydroxylation is 1. The van der Waals surface area contributed by atoms with Crippen molar-refractivity contribution >= 4 is 48.6 Å². The summed E-state index contributed by atoms with van der Waals surface area (Å²) in [6.45, 7) is 2.20. The third-order valence-corrected chi connectivity index (χ3v) is 6.09. The van der Waals surface area contributed by atoms with Gasteiger partial charge in [0.1, 0.15) is 0 Å². The van der Waals surface area contributed by atoms with Gasteiger partial charge in [0.2, 0.25) is 0 Å². The quantitative estimate of drug-likeness (QED) is 0.315. The maximum Gasteiger partial charge on any atom is 0.0476 e. The van der Waals surface area contributed by atoms with E-state index in [2.05, 4.69) is 109 Å². The number of fused-ring (bicyclic) bond motifs is 3. The zero-order chi connectivity index (χ0) is 18.2. The molecule has 0 saturated heterocycles. The van der Waals surface area contributed by atoms with E-state index in [0.29, 0.717) is 0 Å². The molecule has 0 aliphatic heterocycles. The van der Waals surface area contributed by atoms with E-state index < -0.39 is 0 Å². The molecule has 130 valence electrons. The maximum absolute atomic E-state index is 2.32. The molecule has 0 spiro atoms. The minimum absolute atomic E-state index is 1.17. The van der Waals surface area contributed by atoms with E-state index in [1.807, 2.05) is 11.3 Å². The fourth-order valence-electron chi connectivity index (χ4n) is 3.73.